The second-order valence-corrected chi connectivity index (χ2v) is 5.75. The molecule has 1 aliphatic heterocycles. The Morgan fingerprint density at radius 1 is 0.840 bits per heavy atom. The van der Waals surface area contributed by atoms with Crippen LogP contribution in [0.25, 0.3) is 5.76 Å². The number of imide groups is 1. The molecule has 2 aliphatic rings. The number of carbonyl (C=O) groups is 3. The van der Waals surface area contributed by atoms with Crippen molar-refractivity contribution < 1.29 is 19.5 Å². The maximum Gasteiger partial charge on any atom is 0.282 e. The SMILES string of the molecule is C/C(=N\N1C(=O)c2ccccc2C1=O)C1=C(O)c2ccccc2C1=O. The van der Waals surface area contributed by atoms with Crippen LogP contribution < -0.4 is 0 Å². The van der Waals surface area contributed by atoms with Gasteiger partial charge in [-0.05, 0) is 19.1 Å². The average molecular weight is 332 g/mol. The molecule has 2 aromatic carbocycles. The number of aliphatic hydroxyl groups is 1. The van der Waals surface area contributed by atoms with E-state index in [0.29, 0.717) is 11.1 Å². The molecule has 0 fully saturated rings. The monoisotopic (exact) mass is 332 g/mol. The summed E-state index contributed by atoms with van der Waals surface area (Å²) in [5, 5.41) is 15.1. The third-order valence-electron chi connectivity index (χ3n) is 4.28. The Bertz CT molecular complexity index is 998. The minimum atomic E-state index is -0.553. The van der Waals surface area contributed by atoms with Gasteiger partial charge in [-0.3, -0.25) is 14.4 Å². The fraction of sp³-hybridized carbons (Fsp3) is 0.0526. The first-order chi connectivity index (χ1) is 12.0. The molecule has 2 amide bonds. The van der Waals surface area contributed by atoms with Crippen LogP contribution in [0.5, 0.6) is 0 Å². The van der Waals surface area contributed by atoms with E-state index in [1.54, 1.807) is 48.5 Å². The van der Waals surface area contributed by atoms with E-state index in [1.165, 1.54) is 6.92 Å². The maximum atomic E-state index is 12.5. The fourth-order valence-electron chi connectivity index (χ4n) is 3.07. The Morgan fingerprint density at radius 2 is 1.32 bits per heavy atom. The number of rotatable bonds is 2. The van der Waals surface area contributed by atoms with E-state index in [1.807, 2.05) is 0 Å². The van der Waals surface area contributed by atoms with E-state index in [-0.39, 0.29) is 34.0 Å². The lowest BCUT2D eigenvalue weighted by molar-refractivity contribution is 0.0658. The Kier molecular flexibility index (Phi) is 3.15. The van der Waals surface area contributed by atoms with Gasteiger partial charge < -0.3 is 5.11 Å². The van der Waals surface area contributed by atoms with Gasteiger partial charge in [-0.2, -0.15) is 10.1 Å². The zero-order valence-corrected chi connectivity index (χ0v) is 13.2. The zero-order chi connectivity index (χ0) is 17.7. The third kappa shape index (κ3) is 2.04. The summed E-state index contributed by atoms with van der Waals surface area (Å²) in [6.07, 6.45) is 0. The smallest absolute Gasteiger partial charge is 0.282 e. The number of nitrogens with zero attached hydrogens (tertiary/aromatic N) is 2. The maximum absolute atomic E-state index is 12.5. The first-order valence-electron chi connectivity index (χ1n) is 7.61. The molecule has 0 saturated heterocycles. The number of hydrogen-bond donors (Lipinski definition) is 1. The van der Waals surface area contributed by atoms with Crippen LogP contribution in [0, 0.1) is 0 Å². The number of hydrogen-bond acceptors (Lipinski definition) is 5. The second-order valence-electron chi connectivity index (χ2n) is 5.75. The van der Waals surface area contributed by atoms with Crippen molar-refractivity contribution in [3.8, 4) is 0 Å². The molecule has 6 heteroatoms. The lowest BCUT2D eigenvalue weighted by Gasteiger charge is -2.09. The minimum absolute atomic E-state index is 0.00208. The second kappa shape index (κ2) is 5.24. The summed E-state index contributed by atoms with van der Waals surface area (Å²) in [5.41, 5.74) is 1.42. The Labute approximate surface area is 142 Å². The molecular formula is C19H12N2O4. The minimum Gasteiger partial charge on any atom is -0.506 e. The van der Waals surface area contributed by atoms with Crippen LogP contribution in [0.4, 0.5) is 0 Å². The predicted octanol–water partition coefficient (Wildman–Crippen LogP) is 2.82. The van der Waals surface area contributed by atoms with Crippen LogP contribution >= 0.6 is 0 Å². The number of fused-ring (bicyclic) bond motifs is 2. The molecule has 6 nitrogen and oxygen atoms in total. The molecule has 4 rings (SSSR count). The van der Waals surface area contributed by atoms with Crippen molar-refractivity contribution >= 4 is 29.1 Å². The molecule has 0 unspecified atom stereocenters. The number of allylic oxidation sites excluding steroid dienone is 1. The summed E-state index contributed by atoms with van der Waals surface area (Å²) in [7, 11) is 0. The standard InChI is InChI=1S/C19H12N2O4/c1-10(15-16(22)11-6-2-3-7-12(11)17(15)23)20-21-18(24)13-8-4-5-9-14(13)19(21)25/h2-9,22H,1H3/b20-10+. The van der Waals surface area contributed by atoms with Gasteiger partial charge in [0.05, 0.1) is 22.4 Å². The summed E-state index contributed by atoms with van der Waals surface area (Å²) in [6, 6.07) is 13.1. The van der Waals surface area contributed by atoms with Crippen LogP contribution in [-0.4, -0.2) is 33.4 Å². The van der Waals surface area contributed by atoms with Crippen molar-refractivity contribution in [2.24, 2.45) is 5.10 Å². The predicted molar refractivity (Wildman–Crippen MR) is 90.4 cm³/mol. The number of aliphatic hydroxyl groups excluding tert-OH is 1. The fourth-order valence-corrected chi connectivity index (χ4v) is 3.07. The van der Waals surface area contributed by atoms with Crippen molar-refractivity contribution in [3.63, 3.8) is 0 Å². The van der Waals surface area contributed by atoms with E-state index in [9.17, 15) is 19.5 Å². The molecule has 1 aliphatic carbocycles. The van der Waals surface area contributed by atoms with E-state index < -0.39 is 11.8 Å². The van der Waals surface area contributed by atoms with Gasteiger partial charge in [0.15, 0.2) is 5.78 Å². The van der Waals surface area contributed by atoms with Gasteiger partial charge in [-0.25, -0.2) is 0 Å². The molecule has 1 heterocycles. The molecule has 0 atom stereocenters. The number of benzene rings is 2. The van der Waals surface area contributed by atoms with Crippen molar-refractivity contribution in [2.75, 3.05) is 0 Å². The molecule has 0 radical (unpaired) electrons. The number of carbonyl (C=O) groups excluding carboxylic acids is 3. The number of hydrazone groups is 1. The summed E-state index contributed by atoms with van der Waals surface area (Å²) in [5.74, 6) is -1.68. The highest BCUT2D eigenvalue weighted by molar-refractivity contribution is 6.35. The van der Waals surface area contributed by atoms with Crippen molar-refractivity contribution in [1.82, 2.24) is 5.01 Å². The summed E-state index contributed by atoms with van der Waals surface area (Å²) >= 11 is 0. The van der Waals surface area contributed by atoms with Gasteiger partial charge in [-0.15, -0.1) is 0 Å². The molecule has 0 bridgehead atoms. The first kappa shape index (κ1) is 15.0. The molecule has 0 spiro atoms. The number of ketones is 1. The van der Waals surface area contributed by atoms with Crippen LogP contribution in [-0.2, 0) is 0 Å². The van der Waals surface area contributed by atoms with Gasteiger partial charge >= 0.3 is 0 Å². The van der Waals surface area contributed by atoms with Crippen LogP contribution in [0.3, 0.4) is 0 Å². The highest BCUT2D eigenvalue weighted by atomic mass is 16.3. The quantitative estimate of drug-likeness (QED) is 0.677. The van der Waals surface area contributed by atoms with Gasteiger partial charge in [0.1, 0.15) is 5.76 Å². The molecule has 1 N–H and O–H groups in total. The zero-order valence-electron chi connectivity index (χ0n) is 13.2. The van der Waals surface area contributed by atoms with Gasteiger partial charge in [0, 0.05) is 11.1 Å². The van der Waals surface area contributed by atoms with Gasteiger partial charge in [0.25, 0.3) is 11.8 Å². The van der Waals surface area contributed by atoms with Gasteiger partial charge in [0.2, 0.25) is 0 Å². The van der Waals surface area contributed by atoms with E-state index in [4.69, 9.17) is 0 Å². The lowest BCUT2D eigenvalue weighted by atomic mass is 10.1. The highest BCUT2D eigenvalue weighted by Crippen LogP contribution is 2.32. The average Bonchev–Trinajstić information content (AvgIpc) is 3.02. The molecule has 0 saturated carbocycles. The molecule has 25 heavy (non-hydrogen) atoms. The largest absolute Gasteiger partial charge is 0.506 e. The molecule has 122 valence electrons. The van der Waals surface area contributed by atoms with E-state index >= 15 is 0 Å². The van der Waals surface area contributed by atoms with Crippen LogP contribution in [0.15, 0.2) is 59.2 Å². The normalized spacial score (nSPS) is 16.6. The topological polar surface area (TPSA) is 87.0 Å². The number of Topliss-reactive ketones (excluding diaryl/α,β-unsaturated/α-hetero) is 1. The Balaban J connectivity index is 1.75. The highest BCUT2D eigenvalue weighted by Gasteiger charge is 2.37. The third-order valence-corrected chi connectivity index (χ3v) is 4.28. The Hall–Kier alpha value is -3.54. The van der Waals surface area contributed by atoms with Crippen LogP contribution in [0.1, 0.15) is 43.6 Å². The lowest BCUT2D eigenvalue weighted by Crippen LogP contribution is -2.26. The summed E-state index contributed by atoms with van der Waals surface area (Å²) in [6.45, 7) is 1.48. The van der Waals surface area contributed by atoms with Crippen molar-refractivity contribution in [2.45, 2.75) is 6.92 Å². The summed E-state index contributed by atoms with van der Waals surface area (Å²) < 4.78 is 0. The summed E-state index contributed by atoms with van der Waals surface area (Å²) in [4.78, 5) is 37.3. The molecule has 2 aromatic rings. The van der Waals surface area contributed by atoms with E-state index in [0.717, 1.165) is 5.01 Å². The van der Waals surface area contributed by atoms with Crippen molar-refractivity contribution in [3.05, 3.63) is 76.4 Å². The molecular weight excluding hydrogens is 320 g/mol. The van der Waals surface area contributed by atoms with Crippen molar-refractivity contribution in [1.29, 1.82) is 0 Å². The molecule has 0 aromatic heterocycles. The Morgan fingerprint density at radius 3 is 1.84 bits per heavy atom. The first-order valence-corrected chi connectivity index (χ1v) is 7.61. The van der Waals surface area contributed by atoms with Gasteiger partial charge in [-0.1, -0.05) is 36.4 Å². The van der Waals surface area contributed by atoms with Crippen LogP contribution in [0.2, 0.25) is 0 Å². The number of amides is 2. The van der Waals surface area contributed by atoms with E-state index in [2.05, 4.69) is 5.10 Å².